The van der Waals surface area contributed by atoms with E-state index < -0.39 is 17.9 Å². The number of aliphatic hydroxyl groups is 1. The number of carbonyl (C=O) groups excluding carboxylic acids is 2. The highest BCUT2D eigenvalue weighted by Gasteiger charge is 2.17. The van der Waals surface area contributed by atoms with Crippen molar-refractivity contribution in [2.24, 2.45) is 7.05 Å². The molecule has 122 valence electrons. The number of nitrogens with one attached hydrogen (secondary N) is 2. The van der Waals surface area contributed by atoms with E-state index in [1.165, 1.54) is 0 Å². The van der Waals surface area contributed by atoms with E-state index >= 15 is 0 Å². The van der Waals surface area contributed by atoms with Crippen molar-refractivity contribution >= 4 is 17.5 Å². The molecule has 1 unspecified atom stereocenters. The van der Waals surface area contributed by atoms with Crippen LogP contribution in [0.5, 0.6) is 0 Å². The summed E-state index contributed by atoms with van der Waals surface area (Å²) >= 11 is 0. The minimum absolute atomic E-state index is 0.0289. The molecule has 23 heavy (non-hydrogen) atoms. The zero-order valence-corrected chi connectivity index (χ0v) is 13.2. The number of aromatic nitrogens is 1. The number of aliphatic hydroxyl groups excluding tert-OH is 1. The fourth-order valence-electron chi connectivity index (χ4n) is 2.21. The van der Waals surface area contributed by atoms with Gasteiger partial charge >= 0.3 is 11.8 Å². The molecule has 0 fully saturated rings. The number of carbonyl (C=O) groups is 2. The summed E-state index contributed by atoms with van der Waals surface area (Å²) < 4.78 is 1.76. The Bertz CT molecular complexity index is 677. The molecule has 0 spiro atoms. The predicted octanol–water partition coefficient (Wildman–Crippen LogP) is 1.38. The maximum atomic E-state index is 11.8. The van der Waals surface area contributed by atoms with Crippen LogP contribution < -0.4 is 10.6 Å². The van der Waals surface area contributed by atoms with Gasteiger partial charge in [0.2, 0.25) is 0 Å². The molecule has 0 aliphatic heterocycles. The van der Waals surface area contributed by atoms with Gasteiger partial charge in [-0.15, -0.1) is 0 Å². The van der Waals surface area contributed by atoms with E-state index in [-0.39, 0.29) is 6.54 Å². The number of nitrogens with zero attached hydrogens (tertiary/aromatic N) is 1. The molecule has 1 aromatic carbocycles. The van der Waals surface area contributed by atoms with Crippen molar-refractivity contribution in [2.75, 3.05) is 11.9 Å². The topological polar surface area (TPSA) is 83.4 Å². The van der Waals surface area contributed by atoms with Gasteiger partial charge in [0.1, 0.15) is 6.10 Å². The first kappa shape index (κ1) is 16.8. The van der Waals surface area contributed by atoms with E-state index in [1.54, 1.807) is 42.1 Å². The molecule has 0 saturated carbocycles. The molecule has 1 heterocycles. The Morgan fingerprint density at radius 1 is 1.17 bits per heavy atom. The Morgan fingerprint density at radius 2 is 1.87 bits per heavy atom. The van der Waals surface area contributed by atoms with Crippen molar-refractivity contribution in [3.8, 4) is 0 Å². The summed E-state index contributed by atoms with van der Waals surface area (Å²) in [6.45, 7) is 2.01. The van der Waals surface area contributed by atoms with Crippen LogP contribution >= 0.6 is 0 Å². The third-order valence-electron chi connectivity index (χ3n) is 3.61. The van der Waals surface area contributed by atoms with Crippen LogP contribution in [-0.4, -0.2) is 28.0 Å². The second-order valence-electron chi connectivity index (χ2n) is 5.27. The van der Waals surface area contributed by atoms with Crippen molar-refractivity contribution in [2.45, 2.75) is 19.4 Å². The van der Waals surface area contributed by atoms with Gasteiger partial charge in [0, 0.05) is 31.2 Å². The molecule has 2 rings (SSSR count). The molecule has 6 heteroatoms. The molecule has 2 amide bonds. The highest BCUT2D eigenvalue weighted by Crippen LogP contribution is 2.12. The highest BCUT2D eigenvalue weighted by atomic mass is 16.3. The van der Waals surface area contributed by atoms with Crippen LogP contribution in [0.3, 0.4) is 0 Å². The SMILES string of the molecule is CCc1ccc(NC(=O)C(=O)NCC(O)c2cccn2C)cc1. The number of aryl methyl sites for hydroxylation is 2. The van der Waals surface area contributed by atoms with Gasteiger partial charge in [-0.2, -0.15) is 0 Å². The standard InChI is InChI=1S/C17H21N3O3/c1-3-12-6-8-13(9-7-12)19-17(23)16(22)18-11-15(21)14-5-4-10-20(14)2/h4-10,15,21H,3,11H2,1-2H3,(H,18,22)(H,19,23). The molecule has 2 aromatic rings. The fourth-order valence-corrected chi connectivity index (χ4v) is 2.21. The maximum absolute atomic E-state index is 11.8. The van der Waals surface area contributed by atoms with Crippen LogP contribution in [-0.2, 0) is 23.1 Å². The molecule has 0 radical (unpaired) electrons. The summed E-state index contributed by atoms with van der Waals surface area (Å²) in [5.41, 5.74) is 2.38. The van der Waals surface area contributed by atoms with Gasteiger partial charge < -0.3 is 20.3 Å². The van der Waals surface area contributed by atoms with E-state index in [1.807, 2.05) is 19.1 Å². The summed E-state index contributed by atoms with van der Waals surface area (Å²) in [7, 11) is 1.80. The van der Waals surface area contributed by atoms with Gasteiger partial charge in [0.15, 0.2) is 0 Å². The van der Waals surface area contributed by atoms with Crippen LogP contribution in [0.25, 0.3) is 0 Å². The van der Waals surface area contributed by atoms with E-state index in [0.29, 0.717) is 11.4 Å². The second kappa shape index (κ2) is 7.60. The zero-order chi connectivity index (χ0) is 16.8. The molecule has 0 saturated heterocycles. The lowest BCUT2D eigenvalue weighted by atomic mass is 10.1. The Hall–Kier alpha value is -2.60. The molecular formula is C17H21N3O3. The zero-order valence-electron chi connectivity index (χ0n) is 13.2. The van der Waals surface area contributed by atoms with Gasteiger partial charge in [-0.05, 0) is 36.2 Å². The summed E-state index contributed by atoms with van der Waals surface area (Å²) in [4.78, 5) is 23.6. The summed E-state index contributed by atoms with van der Waals surface area (Å²) in [5.74, 6) is -1.54. The minimum atomic E-state index is -0.865. The first-order valence-electron chi connectivity index (χ1n) is 7.48. The van der Waals surface area contributed by atoms with E-state index in [9.17, 15) is 14.7 Å². The molecule has 6 nitrogen and oxygen atoms in total. The quantitative estimate of drug-likeness (QED) is 0.729. The number of amides is 2. The number of benzene rings is 1. The Morgan fingerprint density at radius 3 is 2.43 bits per heavy atom. The van der Waals surface area contributed by atoms with Crippen LogP contribution in [0, 0.1) is 0 Å². The molecule has 0 aliphatic rings. The highest BCUT2D eigenvalue weighted by molar-refractivity contribution is 6.39. The summed E-state index contributed by atoms with van der Waals surface area (Å²) in [6.07, 6.45) is 1.84. The van der Waals surface area contributed by atoms with Gasteiger partial charge in [0.05, 0.1) is 0 Å². The Labute approximate surface area is 135 Å². The lowest BCUT2D eigenvalue weighted by molar-refractivity contribution is -0.136. The number of rotatable bonds is 5. The van der Waals surface area contributed by atoms with Crippen LogP contribution in [0.2, 0.25) is 0 Å². The maximum Gasteiger partial charge on any atom is 0.313 e. The average Bonchev–Trinajstić information content (AvgIpc) is 2.99. The summed E-state index contributed by atoms with van der Waals surface area (Å²) in [5, 5.41) is 15.0. The largest absolute Gasteiger partial charge is 0.385 e. The molecule has 3 N–H and O–H groups in total. The first-order chi connectivity index (χ1) is 11.0. The Balaban J connectivity index is 1.85. The normalized spacial score (nSPS) is 11.8. The van der Waals surface area contributed by atoms with E-state index in [4.69, 9.17) is 0 Å². The van der Waals surface area contributed by atoms with Crippen LogP contribution in [0.15, 0.2) is 42.6 Å². The third kappa shape index (κ3) is 4.43. The molecule has 1 atom stereocenters. The fraction of sp³-hybridized carbons (Fsp3) is 0.294. The lowest BCUT2D eigenvalue weighted by Gasteiger charge is -2.13. The van der Waals surface area contributed by atoms with Crippen LogP contribution in [0.1, 0.15) is 24.3 Å². The number of hydrogen-bond acceptors (Lipinski definition) is 3. The van der Waals surface area contributed by atoms with Crippen molar-refractivity contribution in [3.05, 3.63) is 53.9 Å². The van der Waals surface area contributed by atoms with Gasteiger partial charge in [-0.3, -0.25) is 9.59 Å². The predicted molar refractivity (Wildman–Crippen MR) is 87.8 cm³/mol. The van der Waals surface area contributed by atoms with Gasteiger partial charge in [-0.25, -0.2) is 0 Å². The third-order valence-corrected chi connectivity index (χ3v) is 3.61. The monoisotopic (exact) mass is 315 g/mol. The molecule has 0 aliphatic carbocycles. The van der Waals surface area contributed by atoms with E-state index in [0.717, 1.165) is 12.0 Å². The summed E-state index contributed by atoms with van der Waals surface area (Å²) in [6, 6.07) is 10.9. The van der Waals surface area contributed by atoms with Crippen molar-refractivity contribution < 1.29 is 14.7 Å². The lowest BCUT2D eigenvalue weighted by Crippen LogP contribution is -2.37. The average molecular weight is 315 g/mol. The van der Waals surface area contributed by atoms with Crippen molar-refractivity contribution in [1.82, 2.24) is 9.88 Å². The van der Waals surface area contributed by atoms with Crippen molar-refractivity contribution in [3.63, 3.8) is 0 Å². The van der Waals surface area contributed by atoms with Crippen LogP contribution in [0.4, 0.5) is 5.69 Å². The van der Waals surface area contributed by atoms with Crippen molar-refractivity contribution in [1.29, 1.82) is 0 Å². The Kier molecular flexibility index (Phi) is 5.54. The smallest absolute Gasteiger partial charge is 0.313 e. The molecular weight excluding hydrogens is 294 g/mol. The number of anilines is 1. The second-order valence-corrected chi connectivity index (χ2v) is 5.27. The molecule has 1 aromatic heterocycles. The van der Waals surface area contributed by atoms with Gasteiger partial charge in [0.25, 0.3) is 0 Å². The van der Waals surface area contributed by atoms with E-state index in [2.05, 4.69) is 10.6 Å². The first-order valence-corrected chi connectivity index (χ1v) is 7.48. The minimum Gasteiger partial charge on any atom is -0.385 e. The van der Waals surface area contributed by atoms with Gasteiger partial charge in [-0.1, -0.05) is 19.1 Å². The number of hydrogen-bond donors (Lipinski definition) is 3. The molecule has 0 bridgehead atoms.